The van der Waals surface area contributed by atoms with Gasteiger partial charge in [-0.2, -0.15) is 0 Å². The monoisotopic (exact) mass is 310 g/mol. The van der Waals surface area contributed by atoms with Gasteiger partial charge in [0, 0.05) is 51.3 Å². The first-order valence-corrected chi connectivity index (χ1v) is 8.93. The molecule has 22 heavy (non-hydrogen) atoms. The van der Waals surface area contributed by atoms with Gasteiger partial charge >= 0.3 is 0 Å². The first-order valence-electron chi connectivity index (χ1n) is 8.93. The van der Waals surface area contributed by atoms with Crippen LogP contribution in [0, 0.1) is 5.92 Å². The molecule has 0 aromatic carbocycles. The fourth-order valence-corrected chi connectivity index (χ4v) is 3.36. The smallest absolute Gasteiger partial charge is 0.193 e. The summed E-state index contributed by atoms with van der Waals surface area (Å²) in [7, 11) is 1.79. The second-order valence-electron chi connectivity index (χ2n) is 6.85. The minimum atomic E-state index is 0.628. The quantitative estimate of drug-likeness (QED) is 0.548. The third-order valence-corrected chi connectivity index (χ3v) is 4.62. The van der Waals surface area contributed by atoms with Crippen LogP contribution in [0.15, 0.2) is 4.99 Å². The molecule has 0 radical (unpaired) electrons. The van der Waals surface area contributed by atoms with Gasteiger partial charge in [0.2, 0.25) is 0 Å². The number of hydrogen-bond acceptors (Lipinski definition) is 3. The van der Waals surface area contributed by atoms with Crippen LogP contribution in [0.25, 0.3) is 0 Å². The second kappa shape index (κ2) is 8.73. The Bertz CT molecular complexity index is 353. The van der Waals surface area contributed by atoms with Crippen molar-refractivity contribution in [2.24, 2.45) is 10.9 Å². The highest BCUT2D eigenvalue weighted by Crippen LogP contribution is 2.28. The first kappa shape index (κ1) is 17.5. The van der Waals surface area contributed by atoms with Crippen molar-refractivity contribution in [2.45, 2.75) is 52.1 Å². The summed E-state index contributed by atoms with van der Waals surface area (Å²) in [6, 6.07) is 1.44. The minimum Gasteiger partial charge on any atom is -0.384 e. The Morgan fingerprint density at radius 3 is 2.73 bits per heavy atom. The molecule has 2 rings (SSSR count). The fourth-order valence-electron chi connectivity index (χ4n) is 3.36. The van der Waals surface area contributed by atoms with E-state index < -0.39 is 0 Å². The first-order chi connectivity index (χ1) is 10.7. The van der Waals surface area contributed by atoms with Crippen LogP contribution in [0.5, 0.6) is 0 Å². The number of guanidine groups is 1. The molecule has 1 aliphatic carbocycles. The van der Waals surface area contributed by atoms with E-state index in [0.717, 1.165) is 51.3 Å². The van der Waals surface area contributed by atoms with Gasteiger partial charge in [-0.25, -0.2) is 0 Å². The Morgan fingerprint density at radius 2 is 2.14 bits per heavy atom. The summed E-state index contributed by atoms with van der Waals surface area (Å²) in [6.07, 6.45) is 3.94. The largest absolute Gasteiger partial charge is 0.384 e. The summed E-state index contributed by atoms with van der Waals surface area (Å²) in [4.78, 5) is 9.87. The third kappa shape index (κ3) is 5.13. The van der Waals surface area contributed by atoms with Crippen molar-refractivity contribution in [3.8, 4) is 0 Å². The van der Waals surface area contributed by atoms with Gasteiger partial charge in [-0.1, -0.05) is 0 Å². The van der Waals surface area contributed by atoms with Crippen LogP contribution >= 0.6 is 0 Å². The van der Waals surface area contributed by atoms with Gasteiger partial charge in [0.15, 0.2) is 5.96 Å². The van der Waals surface area contributed by atoms with E-state index in [1.165, 1.54) is 19.3 Å². The van der Waals surface area contributed by atoms with Crippen LogP contribution in [0.3, 0.4) is 0 Å². The lowest BCUT2D eigenvalue weighted by Gasteiger charge is -2.26. The summed E-state index contributed by atoms with van der Waals surface area (Å²) in [6.45, 7) is 12.6. The fraction of sp³-hybridized carbons (Fsp3) is 0.941. The van der Waals surface area contributed by atoms with Gasteiger partial charge in [0.25, 0.3) is 0 Å². The lowest BCUT2D eigenvalue weighted by atomic mass is 10.1. The zero-order chi connectivity index (χ0) is 15.9. The molecule has 1 saturated heterocycles. The molecule has 1 aliphatic heterocycles. The van der Waals surface area contributed by atoms with Gasteiger partial charge in [-0.05, 0) is 40.0 Å². The van der Waals surface area contributed by atoms with E-state index in [-0.39, 0.29) is 0 Å². The van der Waals surface area contributed by atoms with E-state index in [0.29, 0.717) is 12.0 Å². The van der Waals surface area contributed by atoms with Crippen LogP contribution in [-0.2, 0) is 4.74 Å². The Balaban J connectivity index is 1.84. The number of hydrogen-bond donors (Lipinski definition) is 1. The van der Waals surface area contributed by atoms with Crippen molar-refractivity contribution in [3.63, 3.8) is 0 Å². The SMILES string of the molecule is CCNC(=NCCN(C(C)C)C1CC1)N1CCC(COC)C1. The number of methoxy groups -OCH3 is 1. The highest BCUT2D eigenvalue weighted by molar-refractivity contribution is 5.80. The van der Waals surface area contributed by atoms with Crippen LogP contribution in [0.2, 0.25) is 0 Å². The predicted molar refractivity (Wildman–Crippen MR) is 92.4 cm³/mol. The lowest BCUT2D eigenvalue weighted by Crippen LogP contribution is -2.41. The van der Waals surface area contributed by atoms with Crippen LogP contribution in [-0.4, -0.2) is 74.3 Å². The van der Waals surface area contributed by atoms with Crippen molar-refractivity contribution >= 4 is 5.96 Å². The van der Waals surface area contributed by atoms with Crippen LogP contribution in [0.4, 0.5) is 0 Å². The average molecular weight is 310 g/mol. The molecule has 0 spiro atoms. The maximum Gasteiger partial charge on any atom is 0.193 e. The topological polar surface area (TPSA) is 40.1 Å². The average Bonchev–Trinajstić information content (AvgIpc) is 3.21. The number of nitrogens with one attached hydrogen (secondary N) is 1. The van der Waals surface area contributed by atoms with Gasteiger partial charge in [0.1, 0.15) is 0 Å². The number of ether oxygens (including phenoxy) is 1. The van der Waals surface area contributed by atoms with Crippen molar-refractivity contribution < 1.29 is 4.74 Å². The molecule has 5 nitrogen and oxygen atoms in total. The Morgan fingerprint density at radius 1 is 1.36 bits per heavy atom. The van der Waals surface area contributed by atoms with Gasteiger partial charge in [-0.15, -0.1) is 0 Å². The number of rotatable bonds is 8. The van der Waals surface area contributed by atoms with Gasteiger partial charge < -0.3 is 15.0 Å². The predicted octanol–water partition coefficient (Wildman–Crippen LogP) is 1.79. The van der Waals surface area contributed by atoms with Gasteiger partial charge in [-0.3, -0.25) is 9.89 Å². The number of nitrogens with zero attached hydrogens (tertiary/aromatic N) is 3. The van der Waals surface area contributed by atoms with Crippen molar-refractivity contribution in [1.82, 2.24) is 15.1 Å². The Labute approximate surface area is 136 Å². The zero-order valence-corrected chi connectivity index (χ0v) is 14.8. The molecule has 2 fully saturated rings. The molecule has 0 amide bonds. The van der Waals surface area contributed by atoms with E-state index >= 15 is 0 Å². The standard InChI is InChI=1S/C17H34N4O/c1-5-18-17(20-10-8-15(12-20)13-22-4)19-9-11-21(14(2)3)16-6-7-16/h14-16H,5-13H2,1-4H3,(H,18,19). The lowest BCUT2D eigenvalue weighted by molar-refractivity contribution is 0.157. The van der Waals surface area contributed by atoms with Crippen molar-refractivity contribution in [2.75, 3.05) is 46.4 Å². The second-order valence-corrected chi connectivity index (χ2v) is 6.85. The highest BCUT2D eigenvalue weighted by atomic mass is 16.5. The molecule has 128 valence electrons. The summed E-state index contributed by atoms with van der Waals surface area (Å²) < 4.78 is 5.29. The zero-order valence-electron chi connectivity index (χ0n) is 14.8. The van der Waals surface area contributed by atoms with E-state index in [2.05, 4.69) is 35.9 Å². The molecule has 5 heteroatoms. The maximum atomic E-state index is 5.29. The minimum absolute atomic E-state index is 0.628. The van der Waals surface area contributed by atoms with E-state index in [1.807, 2.05) is 0 Å². The molecular formula is C17H34N4O. The number of likely N-dealkylation sites (tertiary alicyclic amines) is 1. The molecule has 0 bridgehead atoms. The van der Waals surface area contributed by atoms with Crippen LogP contribution in [0.1, 0.15) is 40.0 Å². The molecule has 0 aromatic heterocycles. The van der Waals surface area contributed by atoms with E-state index in [9.17, 15) is 0 Å². The maximum absolute atomic E-state index is 5.29. The Hall–Kier alpha value is -0.810. The molecular weight excluding hydrogens is 276 g/mol. The molecule has 1 heterocycles. The van der Waals surface area contributed by atoms with E-state index in [1.54, 1.807) is 7.11 Å². The van der Waals surface area contributed by atoms with Crippen LogP contribution < -0.4 is 5.32 Å². The molecule has 1 N–H and O–H groups in total. The van der Waals surface area contributed by atoms with Crippen molar-refractivity contribution in [1.29, 1.82) is 0 Å². The third-order valence-electron chi connectivity index (χ3n) is 4.62. The summed E-state index contributed by atoms with van der Waals surface area (Å²) in [5, 5.41) is 3.45. The molecule has 2 aliphatic rings. The molecule has 0 aromatic rings. The summed E-state index contributed by atoms with van der Waals surface area (Å²) in [5.41, 5.74) is 0. The summed E-state index contributed by atoms with van der Waals surface area (Å²) >= 11 is 0. The summed E-state index contributed by atoms with van der Waals surface area (Å²) in [5.74, 6) is 1.73. The number of aliphatic imine (C=N–C) groups is 1. The van der Waals surface area contributed by atoms with E-state index in [4.69, 9.17) is 9.73 Å². The molecule has 1 saturated carbocycles. The van der Waals surface area contributed by atoms with Gasteiger partial charge in [0.05, 0.1) is 13.2 Å². The Kier molecular flexibility index (Phi) is 6.96. The highest BCUT2D eigenvalue weighted by Gasteiger charge is 2.30. The molecule has 1 unspecified atom stereocenters. The normalized spacial score (nSPS) is 22.9. The molecule has 1 atom stereocenters. The van der Waals surface area contributed by atoms with Crippen molar-refractivity contribution in [3.05, 3.63) is 0 Å².